The summed E-state index contributed by atoms with van der Waals surface area (Å²) in [4.78, 5) is 6.10. The second-order valence-corrected chi connectivity index (χ2v) is 8.01. The van der Waals surface area contributed by atoms with E-state index >= 15 is 0 Å². The molecule has 132 valence electrons. The zero-order valence-corrected chi connectivity index (χ0v) is 15.0. The normalized spacial score (nSPS) is 25.1. The molecule has 2 fully saturated rings. The lowest BCUT2D eigenvalue weighted by Crippen LogP contribution is -2.32. The SMILES string of the molecule is C1=C(c2c[nH]c3ccc(OC4CCCCC4)cc23)CC2CCCN2C1. The van der Waals surface area contributed by atoms with Crippen LogP contribution in [-0.4, -0.2) is 35.1 Å². The highest BCUT2D eigenvalue weighted by molar-refractivity contribution is 5.93. The molecule has 0 radical (unpaired) electrons. The van der Waals surface area contributed by atoms with Gasteiger partial charge in [0.2, 0.25) is 0 Å². The van der Waals surface area contributed by atoms with Crippen molar-refractivity contribution in [3.8, 4) is 5.75 Å². The molecule has 1 aliphatic carbocycles. The van der Waals surface area contributed by atoms with E-state index in [1.165, 1.54) is 80.0 Å². The number of fused-ring (bicyclic) bond motifs is 2. The highest BCUT2D eigenvalue weighted by atomic mass is 16.5. The van der Waals surface area contributed by atoms with Gasteiger partial charge in [-0.15, -0.1) is 0 Å². The molecule has 0 amide bonds. The van der Waals surface area contributed by atoms with Gasteiger partial charge in [-0.2, -0.15) is 0 Å². The molecule has 0 spiro atoms. The fourth-order valence-electron chi connectivity index (χ4n) is 4.97. The summed E-state index contributed by atoms with van der Waals surface area (Å²) < 4.78 is 6.30. The first-order chi connectivity index (χ1) is 12.4. The molecule has 3 heteroatoms. The van der Waals surface area contributed by atoms with Gasteiger partial charge < -0.3 is 9.72 Å². The molecule has 3 aliphatic rings. The lowest BCUT2D eigenvalue weighted by atomic mass is 9.94. The maximum atomic E-state index is 6.30. The number of ether oxygens (including phenoxy) is 1. The van der Waals surface area contributed by atoms with Crippen molar-refractivity contribution in [3.63, 3.8) is 0 Å². The highest BCUT2D eigenvalue weighted by Crippen LogP contribution is 2.36. The Balaban J connectivity index is 1.42. The summed E-state index contributed by atoms with van der Waals surface area (Å²) in [6.07, 6.45) is 15.4. The van der Waals surface area contributed by atoms with Crippen LogP contribution in [0.25, 0.3) is 16.5 Å². The van der Waals surface area contributed by atoms with E-state index in [1.807, 2.05) is 0 Å². The second-order valence-electron chi connectivity index (χ2n) is 8.01. The largest absolute Gasteiger partial charge is 0.490 e. The molecule has 5 rings (SSSR count). The molecule has 3 heterocycles. The van der Waals surface area contributed by atoms with Crippen molar-refractivity contribution < 1.29 is 4.74 Å². The third-order valence-electron chi connectivity index (χ3n) is 6.38. The molecule has 25 heavy (non-hydrogen) atoms. The molecular weight excluding hydrogens is 308 g/mol. The standard InChI is InChI=1S/C22H28N2O/c1-2-6-18(7-3-1)25-19-8-9-22-20(14-19)21(15-23-22)16-10-12-24-11-4-5-17(24)13-16/h8-10,14-15,17-18,23H,1-7,11-13H2. The van der Waals surface area contributed by atoms with Gasteiger partial charge in [0.25, 0.3) is 0 Å². The Kier molecular flexibility index (Phi) is 4.05. The molecule has 1 aromatic carbocycles. The van der Waals surface area contributed by atoms with E-state index in [1.54, 1.807) is 0 Å². The Bertz CT molecular complexity index is 784. The molecule has 1 saturated carbocycles. The van der Waals surface area contributed by atoms with Crippen LogP contribution in [0, 0.1) is 0 Å². The molecule has 3 nitrogen and oxygen atoms in total. The van der Waals surface area contributed by atoms with E-state index in [-0.39, 0.29) is 0 Å². The van der Waals surface area contributed by atoms with Crippen LogP contribution in [0.4, 0.5) is 0 Å². The Labute approximate surface area is 150 Å². The van der Waals surface area contributed by atoms with E-state index in [0.29, 0.717) is 6.10 Å². The Morgan fingerprint density at radius 1 is 1.04 bits per heavy atom. The zero-order chi connectivity index (χ0) is 16.6. The lowest BCUT2D eigenvalue weighted by Gasteiger charge is -2.29. The predicted molar refractivity (Wildman–Crippen MR) is 103 cm³/mol. The van der Waals surface area contributed by atoms with Crippen molar-refractivity contribution in [2.45, 2.75) is 63.5 Å². The minimum atomic E-state index is 0.412. The first-order valence-corrected chi connectivity index (χ1v) is 10.1. The van der Waals surface area contributed by atoms with Gasteiger partial charge in [-0.1, -0.05) is 12.5 Å². The lowest BCUT2D eigenvalue weighted by molar-refractivity contribution is 0.155. The number of nitrogens with one attached hydrogen (secondary N) is 1. The molecule has 1 atom stereocenters. The molecular formula is C22H28N2O. The van der Waals surface area contributed by atoms with E-state index in [2.05, 4.69) is 40.4 Å². The summed E-state index contributed by atoms with van der Waals surface area (Å²) in [5.41, 5.74) is 4.13. The minimum Gasteiger partial charge on any atom is -0.490 e. The fourth-order valence-corrected chi connectivity index (χ4v) is 4.97. The number of aromatic nitrogens is 1. The first kappa shape index (κ1) is 15.5. The average molecular weight is 336 g/mol. The van der Waals surface area contributed by atoms with E-state index in [4.69, 9.17) is 4.74 Å². The summed E-state index contributed by atoms with van der Waals surface area (Å²) in [7, 11) is 0. The molecule has 1 N–H and O–H groups in total. The van der Waals surface area contributed by atoms with Crippen LogP contribution in [0.5, 0.6) is 5.75 Å². The van der Waals surface area contributed by atoms with Crippen molar-refractivity contribution in [3.05, 3.63) is 36.0 Å². The number of H-pyrrole nitrogens is 1. The van der Waals surface area contributed by atoms with E-state index < -0.39 is 0 Å². The maximum absolute atomic E-state index is 6.30. The molecule has 0 bridgehead atoms. The van der Waals surface area contributed by atoms with Crippen LogP contribution in [0.2, 0.25) is 0 Å². The highest BCUT2D eigenvalue weighted by Gasteiger charge is 2.28. The Morgan fingerprint density at radius 3 is 2.88 bits per heavy atom. The molecule has 2 aliphatic heterocycles. The van der Waals surface area contributed by atoms with Crippen LogP contribution < -0.4 is 4.74 Å². The number of rotatable bonds is 3. The summed E-state index contributed by atoms with van der Waals surface area (Å²) in [5.74, 6) is 1.04. The van der Waals surface area contributed by atoms with E-state index in [9.17, 15) is 0 Å². The average Bonchev–Trinajstić information content (AvgIpc) is 3.28. The molecule has 1 saturated heterocycles. The van der Waals surface area contributed by atoms with E-state index in [0.717, 1.165) is 18.3 Å². The zero-order valence-electron chi connectivity index (χ0n) is 15.0. The number of nitrogens with zero attached hydrogens (tertiary/aromatic N) is 1. The van der Waals surface area contributed by atoms with Crippen molar-refractivity contribution in [2.24, 2.45) is 0 Å². The van der Waals surface area contributed by atoms with Crippen LogP contribution in [0.15, 0.2) is 30.5 Å². The third kappa shape index (κ3) is 2.99. The quantitative estimate of drug-likeness (QED) is 0.841. The van der Waals surface area contributed by atoms with Crippen molar-refractivity contribution in [2.75, 3.05) is 13.1 Å². The van der Waals surface area contributed by atoms with Gasteiger partial charge in [-0.25, -0.2) is 0 Å². The summed E-state index contributed by atoms with van der Waals surface area (Å²) in [6, 6.07) is 7.33. The third-order valence-corrected chi connectivity index (χ3v) is 6.38. The van der Waals surface area contributed by atoms with Gasteiger partial charge in [0.05, 0.1) is 6.10 Å². The fraction of sp³-hybridized carbons (Fsp3) is 0.545. The number of benzene rings is 1. The van der Waals surface area contributed by atoms with Gasteiger partial charge >= 0.3 is 0 Å². The van der Waals surface area contributed by atoms with Crippen molar-refractivity contribution >= 4 is 16.5 Å². The maximum Gasteiger partial charge on any atom is 0.120 e. The van der Waals surface area contributed by atoms with Crippen LogP contribution in [-0.2, 0) is 0 Å². The van der Waals surface area contributed by atoms with Crippen LogP contribution in [0.3, 0.4) is 0 Å². The van der Waals surface area contributed by atoms with Gasteiger partial charge in [-0.05, 0) is 75.3 Å². The van der Waals surface area contributed by atoms with Gasteiger partial charge in [0.1, 0.15) is 5.75 Å². The molecule has 1 aromatic heterocycles. The van der Waals surface area contributed by atoms with Crippen molar-refractivity contribution in [1.29, 1.82) is 0 Å². The van der Waals surface area contributed by atoms with Gasteiger partial charge in [0, 0.05) is 35.2 Å². The summed E-state index contributed by atoms with van der Waals surface area (Å²) >= 11 is 0. The number of hydrogen-bond donors (Lipinski definition) is 1. The first-order valence-electron chi connectivity index (χ1n) is 10.1. The smallest absolute Gasteiger partial charge is 0.120 e. The number of hydrogen-bond acceptors (Lipinski definition) is 2. The second kappa shape index (κ2) is 6.53. The van der Waals surface area contributed by atoms with Crippen LogP contribution in [0.1, 0.15) is 56.9 Å². The summed E-state index contributed by atoms with van der Waals surface area (Å²) in [6.45, 7) is 2.40. The Hall–Kier alpha value is -1.74. The number of aromatic amines is 1. The van der Waals surface area contributed by atoms with Crippen LogP contribution >= 0.6 is 0 Å². The minimum absolute atomic E-state index is 0.412. The summed E-state index contributed by atoms with van der Waals surface area (Å²) in [5, 5.41) is 1.33. The predicted octanol–water partition coefficient (Wildman–Crippen LogP) is 5.13. The van der Waals surface area contributed by atoms with Gasteiger partial charge in [0.15, 0.2) is 0 Å². The monoisotopic (exact) mass is 336 g/mol. The van der Waals surface area contributed by atoms with Gasteiger partial charge in [-0.3, -0.25) is 4.90 Å². The van der Waals surface area contributed by atoms with Crippen molar-refractivity contribution in [1.82, 2.24) is 9.88 Å². The molecule has 2 aromatic rings. The molecule has 1 unspecified atom stereocenters. The Morgan fingerprint density at radius 2 is 1.96 bits per heavy atom. The topological polar surface area (TPSA) is 28.3 Å².